The van der Waals surface area contributed by atoms with Gasteiger partial charge >= 0.3 is 0 Å². The molecule has 0 unspecified atom stereocenters. The van der Waals surface area contributed by atoms with E-state index < -0.39 is 23.5 Å². The minimum absolute atomic E-state index is 0.0213. The van der Waals surface area contributed by atoms with Crippen LogP contribution in [0.1, 0.15) is 65.5 Å². The van der Waals surface area contributed by atoms with E-state index in [4.69, 9.17) is 0 Å². The summed E-state index contributed by atoms with van der Waals surface area (Å²) in [4.78, 5) is 54.8. The SMILES string of the molecule is Cn1cccc1[C@@H]1C[C@H]1C(=O)N[C@H](C(=O)N1C[C@H]2[C@@H]([C@H]1C(=O)N[C@H](C#N)C[C@@H]1CCNC1=O)C2(C)C)C(C)(C)C. The molecule has 1 aromatic rings. The van der Waals surface area contributed by atoms with Crippen molar-refractivity contribution in [1.29, 1.82) is 5.26 Å². The Kier molecular flexibility index (Phi) is 7.00. The Balaban J connectivity index is 1.30. The highest BCUT2D eigenvalue weighted by Crippen LogP contribution is 2.65. The van der Waals surface area contributed by atoms with Crippen LogP contribution in [0.4, 0.5) is 0 Å². The van der Waals surface area contributed by atoms with Gasteiger partial charge in [0.2, 0.25) is 23.6 Å². The summed E-state index contributed by atoms with van der Waals surface area (Å²) in [6, 6.07) is 3.80. The lowest BCUT2D eigenvalue weighted by Crippen LogP contribution is -2.60. The van der Waals surface area contributed by atoms with Gasteiger partial charge in [-0.25, -0.2) is 0 Å². The normalized spacial score (nSPS) is 31.4. The molecule has 0 radical (unpaired) electrons. The van der Waals surface area contributed by atoms with Crippen LogP contribution in [-0.4, -0.2) is 64.3 Å². The lowest BCUT2D eigenvalue weighted by Gasteiger charge is -2.38. The van der Waals surface area contributed by atoms with Gasteiger partial charge in [0.1, 0.15) is 18.1 Å². The Morgan fingerprint density at radius 3 is 2.52 bits per heavy atom. The van der Waals surface area contributed by atoms with E-state index in [0.29, 0.717) is 19.5 Å². The number of rotatable bonds is 8. The van der Waals surface area contributed by atoms with Gasteiger partial charge < -0.3 is 25.4 Å². The van der Waals surface area contributed by atoms with Crippen LogP contribution in [0.2, 0.25) is 0 Å². The first-order valence-electron chi connectivity index (χ1n) is 14.5. The van der Waals surface area contributed by atoms with Crippen molar-refractivity contribution in [3.8, 4) is 6.07 Å². The van der Waals surface area contributed by atoms with Gasteiger partial charge in [-0.3, -0.25) is 19.2 Å². The summed E-state index contributed by atoms with van der Waals surface area (Å²) in [7, 11) is 1.97. The number of hydrogen-bond acceptors (Lipinski definition) is 5. The number of hydrogen-bond donors (Lipinski definition) is 3. The fourth-order valence-corrected chi connectivity index (χ4v) is 7.10. The van der Waals surface area contributed by atoms with Crippen LogP contribution in [-0.2, 0) is 26.2 Å². The number of piperidine rings is 1. The zero-order chi connectivity index (χ0) is 29.1. The van der Waals surface area contributed by atoms with Crippen LogP contribution in [0, 0.1) is 45.8 Å². The molecule has 0 bridgehead atoms. The number of carbonyl (C=O) groups excluding carboxylic acids is 4. The van der Waals surface area contributed by atoms with Crippen molar-refractivity contribution in [1.82, 2.24) is 25.4 Å². The lowest BCUT2D eigenvalue weighted by atomic mass is 9.85. The molecule has 3 N–H and O–H groups in total. The van der Waals surface area contributed by atoms with Gasteiger partial charge in [0.05, 0.1) is 6.07 Å². The first-order valence-corrected chi connectivity index (χ1v) is 14.5. The molecule has 1 aromatic heterocycles. The van der Waals surface area contributed by atoms with Crippen molar-refractivity contribution in [2.24, 2.45) is 41.5 Å². The molecule has 4 aliphatic rings. The molecule has 8 atom stereocenters. The van der Waals surface area contributed by atoms with E-state index in [9.17, 15) is 24.4 Å². The molecule has 4 fully saturated rings. The number of nitrogens with one attached hydrogen (secondary N) is 3. The highest BCUT2D eigenvalue weighted by atomic mass is 16.2. The molecule has 2 aliphatic heterocycles. The van der Waals surface area contributed by atoms with E-state index in [-0.39, 0.29) is 65.1 Å². The molecule has 216 valence electrons. The van der Waals surface area contributed by atoms with Gasteiger partial charge in [0.15, 0.2) is 0 Å². The Hall–Kier alpha value is -3.35. The number of amides is 4. The van der Waals surface area contributed by atoms with Gasteiger partial charge in [0.25, 0.3) is 0 Å². The lowest BCUT2D eigenvalue weighted by molar-refractivity contribution is -0.145. The van der Waals surface area contributed by atoms with Crippen LogP contribution in [0.25, 0.3) is 0 Å². The van der Waals surface area contributed by atoms with Crippen molar-refractivity contribution in [2.75, 3.05) is 13.1 Å². The molecular formula is C30H42N6O4. The zero-order valence-electron chi connectivity index (χ0n) is 24.4. The summed E-state index contributed by atoms with van der Waals surface area (Å²) in [5.74, 6) is -1.04. The summed E-state index contributed by atoms with van der Waals surface area (Å²) < 4.78 is 2.03. The second-order valence-corrected chi connectivity index (χ2v) is 13.9. The molecule has 0 aromatic carbocycles. The van der Waals surface area contributed by atoms with Crippen LogP contribution >= 0.6 is 0 Å². The monoisotopic (exact) mass is 550 g/mol. The summed E-state index contributed by atoms with van der Waals surface area (Å²) in [6.45, 7) is 11.0. The van der Waals surface area contributed by atoms with Crippen molar-refractivity contribution < 1.29 is 19.2 Å². The molecular weight excluding hydrogens is 508 g/mol. The molecule has 2 saturated carbocycles. The average Bonchev–Trinajstić information content (AvgIpc) is 3.46. The third kappa shape index (κ3) is 4.99. The Bertz CT molecular complexity index is 1260. The van der Waals surface area contributed by atoms with Gasteiger partial charge in [-0.1, -0.05) is 34.6 Å². The molecule has 10 heteroatoms. The minimum Gasteiger partial charge on any atom is -0.356 e. The maximum Gasteiger partial charge on any atom is 0.246 e. The number of nitriles is 1. The quantitative estimate of drug-likeness (QED) is 0.452. The summed E-state index contributed by atoms with van der Waals surface area (Å²) >= 11 is 0. The van der Waals surface area contributed by atoms with Crippen molar-refractivity contribution in [3.05, 3.63) is 24.0 Å². The zero-order valence-corrected chi connectivity index (χ0v) is 24.4. The van der Waals surface area contributed by atoms with Crippen LogP contribution in [0.3, 0.4) is 0 Å². The first-order chi connectivity index (χ1) is 18.8. The number of aryl methyl sites for hydroxylation is 1. The van der Waals surface area contributed by atoms with Gasteiger partial charge in [-0.2, -0.15) is 5.26 Å². The highest BCUT2D eigenvalue weighted by Gasteiger charge is 2.70. The van der Waals surface area contributed by atoms with E-state index in [1.807, 2.05) is 50.7 Å². The molecule has 4 amide bonds. The Morgan fingerprint density at radius 2 is 1.95 bits per heavy atom. The molecule has 10 nitrogen and oxygen atoms in total. The van der Waals surface area contributed by atoms with Crippen molar-refractivity contribution in [3.63, 3.8) is 0 Å². The maximum absolute atomic E-state index is 14.1. The fraction of sp³-hybridized carbons (Fsp3) is 0.700. The molecule has 3 heterocycles. The smallest absolute Gasteiger partial charge is 0.246 e. The van der Waals surface area contributed by atoms with Crippen LogP contribution in [0.15, 0.2) is 18.3 Å². The number of aromatic nitrogens is 1. The van der Waals surface area contributed by atoms with Crippen molar-refractivity contribution in [2.45, 2.75) is 77.9 Å². The summed E-state index contributed by atoms with van der Waals surface area (Å²) in [6.07, 6.45) is 3.60. The van der Waals surface area contributed by atoms with E-state index in [1.165, 1.54) is 0 Å². The maximum atomic E-state index is 14.1. The van der Waals surface area contributed by atoms with Crippen LogP contribution < -0.4 is 16.0 Å². The average molecular weight is 551 g/mol. The minimum atomic E-state index is -0.818. The van der Waals surface area contributed by atoms with Gasteiger partial charge in [-0.05, 0) is 54.1 Å². The predicted octanol–water partition coefficient (Wildman–Crippen LogP) is 1.68. The van der Waals surface area contributed by atoms with Gasteiger partial charge in [0, 0.05) is 49.8 Å². The van der Waals surface area contributed by atoms with E-state index >= 15 is 0 Å². The second kappa shape index (κ2) is 9.93. The number of fused-ring (bicyclic) bond motifs is 1. The molecule has 40 heavy (non-hydrogen) atoms. The molecule has 5 rings (SSSR count). The number of likely N-dealkylation sites (tertiary alicyclic amines) is 1. The first kappa shape index (κ1) is 28.2. The van der Waals surface area contributed by atoms with Gasteiger partial charge in [-0.15, -0.1) is 0 Å². The van der Waals surface area contributed by atoms with Crippen LogP contribution in [0.5, 0.6) is 0 Å². The Labute approximate surface area is 236 Å². The number of carbonyl (C=O) groups is 4. The summed E-state index contributed by atoms with van der Waals surface area (Å²) in [5.41, 5.74) is 0.443. The molecule has 0 spiro atoms. The van der Waals surface area contributed by atoms with E-state index in [0.717, 1.165) is 12.1 Å². The molecule has 2 saturated heterocycles. The third-order valence-corrected chi connectivity index (χ3v) is 9.81. The standard InChI is InChI=1S/C30H42N6O4/c1-29(2,3)24(34-26(38)19-13-18(19)21-8-7-11-35(21)6)28(40)36-15-20-22(30(20,4)5)23(36)27(39)33-17(14-31)12-16-9-10-32-25(16)37/h7-8,11,16-20,22-24H,9-10,12-13,15H2,1-6H3,(H,32,37)(H,33,39)(H,34,38)/t16-,17-,18+,19+,20-,22-,23-,24+/m0/s1. The molecule has 2 aliphatic carbocycles. The summed E-state index contributed by atoms with van der Waals surface area (Å²) in [5, 5.41) is 18.4. The van der Waals surface area contributed by atoms with E-state index in [1.54, 1.807) is 4.90 Å². The topological polar surface area (TPSA) is 136 Å². The second-order valence-electron chi connectivity index (χ2n) is 13.9. The largest absolute Gasteiger partial charge is 0.356 e. The highest BCUT2D eigenvalue weighted by molar-refractivity contribution is 5.95. The number of nitrogens with zero attached hydrogens (tertiary/aromatic N) is 3. The van der Waals surface area contributed by atoms with Crippen molar-refractivity contribution >= 4 is 23.6 Å². The predicted molar refractivity (Wildman–Crippen MR) is 147 cm³/mol. The van der Waals surface area contributed by atoms with E-state index in [2.05, 4.69) is 35.9 Å². The Morgan fingerprint density at radius 1 is 1.23 bits per heavy atom. The fourth-order valence-electron chi connectivity index (χ4n) is 7.10. The third-order valence-electron chi connectivity index (χ3n) is 9.81.